The van der Waals surface area contributed by atoms with Gasteiger partial charge in [-0.25, -0.2) is 4.98 Å². The van der Waals surface area contributed by atoms with Crippen molar-refractivity contribution in [2.45, 2.75) is 39.3 Å². The number of hydrogen-bond donors (Lipinski definition) is 2. The fraction of sp³-hybridized carbons (Fsp3) is 0.222. The van der Waals surface area contributed by atoms with Crippen LogP contribution in [0.5, 0.6) is 0 Å². The molecule has 4 rings (SSSR count). The summed E-state index contributed by atoms with van der Waals surface area (Å²) in [7, 11) is -1.29. The number of hydrogen-bond acceptors (Lipinski definition) is 5. The predicted molar refractivity (Wildman–Crippen MR) is 193 cm³/mol. The molecule has 0 saturated heterocycles. The first kappa shape index (κ1) is 35.6. The smallest absolute Gasteiger partial charge is 0.261 e. The molecule has 0 aliphatic rings. The molecule has 47 heavy (non-hydrogen) atoms. The van der Waals surface area contributed by atoms with Crippen molar-refractivity contribution in [3.8, 4) is 0 Å². The van der Waals surface area contributed by atoms with Gasteiger partial charge < -0.3 is 20.0 Å². The van der Waals surface area contributed by atoms with E-state index in [4.69, 9.17) is 27.6 Å². The molecule has 3 amide bonds. The molecule has 0 radical (unpaired) electrons. The molecular weight excluding hydrogens is 651 g/mol. The van der Waals surface area contributed by atoms with Crippen molar-refractivity contribution in [2.75, 3.05) is 23.8 Å². The molecule has 1 heterocycles. The molecule has 0 aliphatic carbocycles. The average Bonchev–Trinajstić information content (AvgIpc) is 3.04. The van der Waals surface area contributed by atoms with Gasteiger partial charge in [-0.05, 0) is 51.3 Å². The van der Waals surface area contributed by atoms with E-state index in [0.717, 1.165) is 10.4 Å². The normalized spacial score (nSPS) is 11.7. The van der Waals surface area contributed by atoms with Crippen LogP contribution in [-0.2, 0) is 25.4 Å². The van der Waals surface area contributed by atoms with Crippen molar-refractivity contribution in [1.82, 2.24) is 10.3 Å². The molecule has 0 unspecified atom stereocenters. The van der Waals surface area contributed by atoms with Crippen LogP contribution in [0.1, 0.15) is 38.8 Å². The first-order chi connectivity index (χ1) is 22.3. The monoisotopic (exact) mass is 688 g/mol. The zero-order valence-corrected chi connectivity index (χ0v) is 29.5. The lowest BCUT2D eigenvalue weighted by Gasteiger charge is -2.43. The highest BCUT2D eigenvalue weighted by Crippen LogP contribution is 2.40. The molecule has 4 aromatic rings. The topological polar surface area (TPSA) is 101 Å². The number of carbonyl (C=O) groups is 3. The molecule has 3 aromatic carbocycles. The van der Waals surface area contributed by atoms with Gasteiger partial charge in [0.15, 0.2) is 0 Å². The zero-order valence-electron chi connectivity index (χ0n) is 27.0. The highest BCUT2D eigenvalue weighted by Gasteiger charge is 2.50. The Balaban J connectivity index is 1.50. The van der Waals surface area contributed by atoms with E-state index < -0.39 is 14.2 Å². The summed E-state index contributed by atoms with van der Waals surface area (Å²) < 4.78 is 7.05. The summed E-state index contributed by atoms with van der Waals surface area (Å²) >= 11 is 13.6. The lowest BCUT2D eigenvalue weighted by atomic mass is 10.2. The molecule has 0 fully saturated rings. The van der Waals surface area contributed by atoms with Gasteiger partial charge in [0.25, 0.3) is 8.32 Å². The molecule has 244 valence electrons. The Morgan fingerprint density at radius 2 is 1.53 bits per heavy atom. The lowest BCUT2D eigenvalue weighted by molar-refractivity contribution is -0.122. The third-order valence-corrected chi connectivity index (χ3v) is 13.4. The number of halogens is 2. The van der Waals surface area contributed by atoms with Gasteiger partial charge >= 0.3 is 0 Å². The Hall–Kier alpha value is -4.28. The Kier molecular flexibility index (Phi) is 11.8. The first-order valence-electron chi connectivity index (χ1n) is 15.0. The predicted octanol–water partition coefficient (Wildman–Crippen LogP) is 6.22. The van der Waals surface area contributed by atoms with Crippen LogP contribution < -0.4 is 25.9 Å². The van der Waals surface area contributed by atoms with E-state index in [0.29, 0.717) is 32.7 Å². The third kappa shape index (κ3) is 8.55. The summed E-state index contributed by atoms with van der Waals surface area (Å²) in [6.45, 7) is 7.83. The van der Waals surface area contributed by atoms with Crippen molar-refractivity contribution in [1.29, 1.82) is 0 Å². The SMILES string of the molecule is CC(=O)Nc1ccc(/C=C/C(=O)NCC(=O)N(C)c2ccc(Cl)c(CO[Si](c3ccccc3)(c3ccccc3)C(C)(C)C)c2Cl)cn1. The molecular formula is C36H38Cl2N4O4Si. The second-order valence-corrected chi connectivity index (χ2v) is 17.1. The summed E-state index contributed by atoms with van der Waals surface area (Å²) in [5, 5.41) is 7.90. The number of amides is 3. The van der Waals surface area contributed by atoms with Gasteiger partial charge in [-0.3, -0.25) is 14.4 Å². The van der Waals surface area contributed by atoms with Crippen LogP contribution in [0.2, 0.25) is 15.1 Å². The van der Waals surface area contributed by atoms with E-state index in [1.54, 1.807) is 37.4 Å². The molecule has 0 spiro atoms. The molecule has 0 saturated carbocycles. The van der Waals surface area contributed by atoms with Crippen LogP contribution in [0.4, 0.5) is 11.5 Å². The second-order valence-electron chi connectivity index (χ2n) is 12.0. The fourth-order valence-corrected chi connectivity index (χ4v) is 10.4. The number of nitrogens with one attached hydrogen (secondary N) is 2. The molecule has 2 N–H and O–H groups in total. The average molecular weight is 690 g/mol. The molecule has 8 nitrogen and oxygen atoms in total. The van der Waals surface area contributed by atoms with Crippen LogP contribution in [0.15, 0.2) is 97.2 Å². The van der Waals surface area contributed by atoms with E-state index in [1.165, 1.54) is 24.1 Å². The van der Waals surface area contributed by atoms with Crippen molar-refractivity contribution in [2.24, 2.45) is 0 Å². The summed E-state index contributed by atoms with van der Waals surface area (Å²) in [6.07, 6.45) is 4.38. The number of rotatable bonds is 11. The summed E-state index contributed by atoms with van der Waals surface area (Å²) in [4.78, 5) is 42.3. The highest BCUT2D eigenvalue weighted by atomic mass is 35.5. The maximum absolute atomic E-state index is 13.1. The number of aromatic nitrogens is 1. The Morgan fingerprint density at radius 3 is 2.06 bits per heavy atom. The van der Waals surface area contributed by atoms with Crippen molar-refractivity contribution in [3.05, 3.63) is 118 Å². The van der Waals surface area contributed by atoms with Crippen molar-refractivity contribution >= 4 is 77.2 Å². The van der Waals surface area contributed by atoms with E-state index in [9.17, 15) is 14.4 Å². The summed E-state index contributed by atoms with van der Waals surface area (Å²) in [5.41, 5.74) is 1.67. The van der Waals surface area contributed by atoms with Crippen LogP contribution >= 0.6 is 23.2 Å². The van der Waals surface area contributed by atoms with Gasteiger partial charge in [-0.15, -0.1) is 0 Å². The first-order valence-corrected chi connectivity index (χ1v) is 17.7. The highest BCUT2D eigenvalue weighted by molar-refractivity contribution is 6.99. The molecule has 1 aromatic heterocycles. The van der Waals surface area contributed by atoms with Crippen LogP contribution in [-0.4, -0.2) is 44.6 Å². The Labute approximate surface area is 286 Å². The number of likely N-dealkylation sites (N-methyl/N-ethyl adjacent to an activating group) is 1. The molecule has 11 heteroatoms. The standard InChI is InChI=1S/C36H38Cl2N4O4Si/c1-25(43)41-32-20-16-26(22-39-32)17-21-33(44)40-23-34(45)42(5)31-19-18-30(37)29(35(31)38)24-46-47(36(2,3)4,27-12-8-6-9-13-27)28-14-10-7-11-15-28/h6-22H,23-24H2,1-5H3,(H,40,44)(H,39,41,43)/b21-17+. The Bertz CT molecular complexity index is 1710. The van der Waals surface area contributed by atoms with Crippen LogP contribution in [0, 0.1) is 0 Å². The number of benzene rings is 3. The Morgan fingerprint density at radius 1 is 0.915 bits per heavy atom. The summed E-state index contributed by atoms with van der Waals surface area (Å²) in [6, 6.07) is 27.2. The maximum Gasteiger partial charge on any atom is 0.261 e. The van der Waals surface area contributed by atoms with Crippen LogP contribution in [0.3, 0.4) is 0 Å². The third-order valence-electron chi connectivity index (χ3n) is 7.68. The van der Waals surface area contributed by atoms with E-state index in [1.807, 2.05) is 36.4 Å². The minimum atomic E-state index is -2.88. The van der Waals surface area contributed by atoms with Gasteiger partial charge in [0.2, 0.25) is 17.7 Å². The number of pyridine rings is 1. The van der Waals surface area contributed by atoms with Crippen molar-refractivity contribution < 1.29 is 18.8 Å². The van der Waals surface area contributed by atoms with E-state index in [-0.39, 0.29) is 30.0 Å². The minimum Gasteiger partial charge on any atom is -0.403 e. The fourth-order valence-electron chi connectivity index (χ4n) is 5.32. The minimum absolute atomic E-state index is 0.128. The van der Waals surface area contributed by atoms with E-state index >= 15 is 0 Å². The number of carbonyl (C=O) groups excluding carboxylic acids is 3. The maximum atomic E-state index is 13.1. The van der Waals surface area contributed by atoms with Crippen LogP contribution in [0.25, 0.3) is 6.08 Å². The van der Waals surface area contributed by atoms with Gasteiger partial charge in [0, 0.05) is 36.8 Å². The quantitative estimate of drug-likeness (QED) is 0.144. The molecule has 0 bridgehead atoms. The summed E-state index contributed by atoms with van der Waals surface area (Å²) in [5.74, 6) is -0.656. The van der Waals surface area contributed by atoms with Gasteiger partial charge in [-0.1, -0.05) is 105 Å². The number of anilines is 2. The second kappa shape index (κ2) is 15.5. The largest absolute Gasteiger partial charge is 0.403 e. The van der Waals surface area contributed by atoms with Gasteiger partial charge in [0.05, 0.1) is 23.9 Å². The van der Waals surface area contributed by atoms with Crippen molar-refractivity contribution in [3.63, 3.8) is 0 Å². The lowest BCUT2D eigenvalue weighted by Crippen LogP contribution is -2.66. The number of nitrogens with zero attached hydrogens (tertiary/aromatic N) is 2. The molecule has 0 atom stereocenters. The molecule has 0 aliphatic heterocycles. The zero-order chi connectivity index (χ0) is 34.2. The van der Waals surface area contributed by atoms with Gasteiger partial charge in [-0.2, -0.15) is 0 Å². The van der Waals surface area contributed by atoms with Gasteiger partial charge in [0.1, 0.15) is 5.82 Å². The van der Waals surface area contributed by atoms with E-state index in [2.05, 4.69) is 60.7 Å².